The second kappa shape index (κ2) is 5.40. The van der Waals surface area contributed by atoms with Gasteiger partial charge in [-0.1, -0.05) is 19.9 Å². The number of anilines is 2. The maximum atomic E-state index is 5.59. The van der Waals surface area contributed by atoms with Gasteiger partial charge in [0.25, 0.3) is 0 Å². The molecule has 2 heterocycles. The van der Waals surface area contributed by atoms with E-state index < -0.39 is 0 Å². The third-order valence-electron chi connectivity index (χ3n) is 2.69. The molecular weight excluding hydrogens is 262 g/mol. The third kappa shape index (κ3) is 3.31. The van der Waals surface area contributed by atoms with Crippen molar-refractivity contribution in [1.82, 2.24) is 15.0 Å². The monoisotopic (exact) mass is 279 g/mol. The number of nitrogens with one attached hydrogen (secondary N) is 1. The molecule has 0 bridgehead atoms. The molecule has 0 unspecified atom stereocenters. The molecule has 0 amide bonds. The summed E-state index contributed by atoms with van der Waals surface area (Å²) in [5.74, 6) is 0.567. The highest BCUT2D eigenvalue weighted by molar-refractivity contribution is 7.10. The molecule has 2 aromatic rings. The fraction of sp³-hybridized carbons (Fsp3) is 0.417. The van der Waals surface area contributed by atoms with Crippen LogP contribution in [0.25, 0.3) is 0 Å². The summed E-state index contributed by atoms with van der Waals surface area (Å²) in [6.45, 7) is 5.02. The van der Waals surface area contributed by atoms with Crippen molar-refractivity contribution in [2.45, 2.75) is 19.3 Å². The van der Waals surface area contributed by atoms with Crippen LogP contribution in [0.5, 0.6) is 6.01 Å². The van der Waals surface area contributed by atoms with E-state index in [9.17, 15) is 0 Å². The first-order valence-electron chi connectivity index (χ1n) is 5.84. The van der Waals surface area contributed by atoms with E-state index in [1.165, 1.54) is 12.0 Å². The molecule has 0 aliphatic carbocycles. The van der Waals surface area contributed by atoms with Gasteiger partial charge in [-0.25, -0.2) is 0 Å². The molecule has 3 N–H and O–H groups in total. The van der Waals surface area contributed by atoms with Crippen LogP contribution in [0.3, 0.4) is 0 Å². The van der Waals surface area contributed by atoms with E-state index >= 15 is 0 Å². The molecule has 19 heavy (non-hydrogen) atoms. The van der Waals surface area contributed by atoms with Crippen molar-refractivity contribution in [2.24, 2.45) is 0 Å². The van der Waals surface area contributed by atoms with Crippen molar-refractivity contribution >= 4 is 23.2 Å². The van der Waals surface area contributed by atoms with Gasteiger partial charge in [-0.15, -0.1) is 11.3 Å². The van der Waals surface area contributed by atoms with Gasteiger partial charge < -0.3 is 15.8 Å². The third-order valence-corrected chi connectivity index (χ3v) is 3.93. The molecule has 6 nitrogen and oxygen atoms in total. The van der Waals surface area contributed by atoms with Crippen LogP contribution >= 0.6 is 11.3 Å². The minimum atomic E-state index is -0.0111. The summed E-state index contributed by atoms with van der Waals surface area (Å²) in [6.07, 6.45) is 0. The molecule has 2 aromatic heterocycles. The number of nitrogen functional groups attached to an aromatic ring is 1. The van der Waals surface area contributed by atoms with E-state index in [0.29, 0.717) is 12.5 Å². The smallest absolute Gasteiger partial charge is 0.322 e. The molecule has 0 saturated carbocycles. The SMILES string of the molecule is COc1nc(N)nc(NCC(C)(C)c2cccs2)n1. The van der Waals surface area contributed by atoms with Crippen LogP contribution in [-0.2, 0) is 5.41 Å². The number of methoxy groups -OCH3 is 1. The minimum Gasteiger partial charge on any atom is -0.467 e. The Morgan fingerprint density at radius 2 is 2.16 bits per heavy atom. The Balaban J connectivity index is 2.08. The second-order valence-corrected chi connectivity index (χ2v) is 5.67. The molecule has 0 aliphatic heterocycles. The predicted octanol–water partition coefficient (Wildman–Crippen LogP) is 1.91. The molecule has 0 atom stereocenters. The van der Waals surface area contributed by atoms with Crippen molar-refractivity contribution in [3.8, 4) is 6.01 Å². The van der Waals surface area contributed by atoms with Crippen molar-refractivity contribution < 1.29 is 4.74 Å². The van der Waals surface area contributed by atoms with Gasteiger partial charge >= 0.3 is 6.01 Å². The van der Waals surface area contributed by atoms with Crippen LogP contribution in [0.4, 0.5) is 11.9 Å². The number of thiophene rings is 1. The van der Waals surface area contributed by atoms with Crippen LogP contribution in [0.2, 0.25) is 0 Å². The van der Waals surface area contributed by atoms with Crippen molar-refractivity contribution in [3.63, 3.8) is 0 Å². The molecular formula is C12H17N5OS. The number of rotatable bonds is 5. The molecule has 0 aromatic carbocycles. The van der Waals surface area contributed by atoms with Gasteiger partial charge in [0.15, 0.2) is 0 Å². The summed E-state index contributed by atoms with van der Waals surface area (Å²) < 4.78 is 4.96. The van der Waals surface area contributed by atoms with E-state index in [2.05, 4.69) is 45.6 Å². The van der Waals surface area contributed by atoms with Crippen LogP contribution in [0.1, 0.15) is 18.7 Å². The zero-order valence-electron chi connectivity index (χ0n) is 11.2. The fourth-order valence-corrected chi connectivity index (χ4v) is 2.45. The lowest BCUT2D eigenvalue weighted by Crippen LogP contribution is -2.27. The maximum Gasteiger partial charge on any atom is 0.322 e. The lowest BCUT2D eigenvalue weighted by Gasteiger charge is -2.23. The second-order valence-electron chi connectivity index (χ2n) is 4.72. The molecule has 0 radical (unpaired) electrons. The fourth-order valence-electron chi connectivity index (χ4n) is 1.59. The van der Waals surface area contributed by atoms with E-state index in [4.69, 9.17) is 10.5 Å². The van der Waals surface area contributed by atoms with Gasteiger partial charge in [0.2, 0.25) is 11.9 Å². The van der Waals surface area contributed by atoms with Crippen molar-refractivity contribution in [2.75, 3.05) is 24.7 Å². The highest BCUT2D eigenvalue weighted by Gasteiger charge is 2.22. The Morgan fingerprint density at radius 3 is 2.79 bits per heavy atom. The highest BCUT2D eigenvalue weighted by atomic mass is 32.1. The first kappa shape index (κ1) is 13.5. The number of nitrogens with two attached hydrogens (primary N) is 1. The summed E-state index contributed by atoms with van der Waals surface area (Å²) in [7, 11) is 1.49. The number of hydrogen-bond donors (Lipinski definition) is 2. The standard InChI is InChI=1S/C12H17N5OS/c1-12(2,8-5-4-6-19-8)7-14-10-15-9(13)16-11(17-10)18-3/h4-6H,7H2,1-3H3,(H3,13,14,15,16,17). The molecule has 2 rings (SSSR count). The lowest BCUT2D eigenvalue weighted by molar-refractivity contribution is 0.379. The van der Waals surface area contributed by atoms with Gasteiger partial charge in [0.1, 0.15) is 0 Å². The highest BCUT2D eigenvalue weighted by Crippen LogP contribution is 2.27. The lowest BCUT2D eigenvalue weighted by atomic mass is 9.91. The molecule has 0 aliphatic rings. The minimum absolute atomic E-state index is 0.0111. The zero-order valence-corrected chi connectivity index (χ0v) is 12.0. The maximum absolute atomic E-state index is 5.59. The van der Waals surface area contributed by atoms with Crippen LogP contribution in [0.15, 0.2) is 17.5 Å². The van der Waals surface area contributed by atoms with E-state index in [1.54, 1.807) is 11.3 Å². The quantitative estimate of drug-likeness (QED) is 0.869. The van der Waals surface area contributed by atoms with Gasteiger partial charge in [-0.05, 0) is 11.4 Å². The van der Waals surface area contributed by atoms with Crippen molar-refractivity contribution in [1.29, 1.82) is 0 Å². The molecule has 0 saturated heterocycles. The molecule has 7 heteroatoms. The van der Waals surface area contributed by atoms with E-state index in [0.717, 1.165) is 0 Å². The summed E-state index contributed by atoms with van der Waals surface area (Å²) in [4.78, 5) is 13.3. The molecule has 0 spiro atoms. The first-order chi connectivity index (χ1) is 9.01. The Labute approximate surface area is 116 Å². The van der Waals surface area contributed by atoms with Gasteiger partial charge in [0, 0.05) is 16.8 Å². The Kier molecular flexibility index (Phi) is 3.84. The Bertz CT molecular complexity index is 541. The van der Waals surface area contributed by atoms with Crippen molar-refractivity contribution in [3.05, 3.63) is 22.4 Å². The number of aromatic nitrogens is 3. The Morgan fingerprint density at radius 1 is 1.37 bits per heavy atom. The number of ether oxygens (including phenoxy) is 1. The number of hydrogen-bond acceptors (Lipinski definition) is 7. The van der Waals surface area contributed by atoms with Gasteiger partial charge in [-0.3, -0.25) is 0 Å². The zero-order chi connectivity index (χ0) is 13.9. The van der Waals surface area contributed by atoms with Gasteiger partial charge in [0.05, 0.1) is 7.11 Å². The van der Waals surface area contributed by atoms with Crippen LogP contribution < -0.4 is 15.8 Å². The first-order valence-corrected chi connectivity index (χ1v) is 6.72. The largest absolute Gasteiger partial charge is 0.467 e. The number of nitrogens with zero attached hydrogens (tertiary/aromatic N) is 3. The topological polar surface area (TPSA) is 86.0 Å². The summed E-state index contributed by atoms with van der Waals surface area (Å²) >= 11 is 1.73. The van der Waals surface area contributed by atoms with Crippen LogP contribution in [-0.4, -0.2) is 28.6 Å². The predicted molar refractivity (Wildman–Crippen MR) is 76.6 cm³/mol. The average molecular weight is 279 g/mol. The summed E-state index contributed by atoms with van der Waals surface area (Å²) in [5, 5.41) is 5.24. The summed E-state index contributed by atoms with van der Waals surface area (Å²) in [5.41, 5.74) is 5.58. The van der Waals surface area contributed by atoms with E-state index in [-0.39, 0.29) is 17.4 Å². The normalized spacial score (nSPS) is 11.3. The summed E-state index contributed by atoms with van der Waals surface area (Å²) in [6, 6.07) is 4.38. The van der Waals surface area contributed by atoms with E-state index in [1.807, 2.05) is 6.07 Å². The van der Waals surface area contributed by atoms with Crippen LogP contribution in [0, 0.1) is 0 Å². The molecule has 0 fully saturated rings. The van der Waals surface area contributed by atoms with Gasteiger partial charge in [-0.2, -0.15) is 15.0 Å². The average Bonchev–Trinajstić information content (AvgIpc) is 2.90. The molecule has 102 valence electrons. The Hall–Kier alpha value is -1.89.